The van der Waals surface area contributed by atoms with Gasteiger partial charge in [0, 0.05) is 50.2 Å². The van der Waals surface area contributed by atoms with Crippen LogP contribution in [0.5, 0.6) is 11.5 Å². The zero-order valence-corrected chi connectivity index (χ0v) is 35.0. The summed E-state index contributed by atoms with van der Waals surface area (Å²) in [5, 5.41) is 5.78. The number of halogens is 3. The summed E-state index contributed by atoms with van der Waals surface area (Å²) in [5.41, 5.74) is 5.26. The van der Waals surface area contributed by atoms with Crippen molar-refractivity contribution in [3.8, 4) is 34.1 Å². The van der Waals surface area contributed by atoms with Crippen LogP contribution in [0.15, 0.2) is 85.2 Å². The fourth-order valence-corrected chi connectivity index (χ4v) is 8.16. The molecule has 3 aromatic carbocycles. The Labute approximate surface area is 347 Å². The summed E-state index contributed by atoms with van der Waals surface area (Å²) in [7, 11) is 0. The van der Waals surface area contributed by atoms with E-state index in [2.05, 4.69) is 38.4 Å². The van der Waals surface area contributed by atoms with Crippen LogP contribution < -0.4 is 45.0 Å². The predicted octanol–water partition coefficient (Wildman–Crippen LogP) is 3.71. The Kier molecular flexibility index (Phi) is 13.1. The van der Waals surface area contributed by atoms with Crippen molar-refractivity contribution in [2.45, 2.75) is 20.3 Å². The van der Waals surface area contributed by atoms with E-state index < -0.39 is 55.9 Å². The normalized spacial score (nSPS) is 13.8. The van der Waals surface area contributed by atoms with Gasteiger partial charge in [-0.2, -0.15) is 0 Å². The molecule has 304 valence electrons. The summed E-state index contributed by atoms with van der Waals surface area (Å²) in [6.45, 7) is 8.02. The van der Waals surface area contributed by atoms with Gasteiger partial charge in [0.1, 0.15) is 5.75 Å². The van der Waals surface area contributed by atoms with E-state index in [1.54, 1.807) is 30.5 Å². The van der Waals surface area contributed by atoms with Crippen LogP contribution in [0.3, 0.4) is 0 Å². The summed E-state index contributed by atoms with van der Waals surface area (Å²) in [6.07, 6.45) is 4.28. The third-order valence-electron chi connectivity index (χ3n) is 9.68. The number of nitrogens with zero attached hydrogens (tertiary/aromatic N) is 6. The molecule has 1 atom stereocenters. The van der Waals surface area contributed by atoms with Gasteiger partial charge in [0.25, 0.3) is 0 Å². The Morgan fingerprint density at radius 2 is 1.76 bits per heavy atom. The first-order chi connectivity index (χ1) is 28.2. The Hall–Kier alpha value is -5.24. The molecule has 3 aromatic heterocycles. The number of rotatable bonds is 15. The number of anilines is 4. The zero-order valence-electron chi connectivity index (χ0n) is 32.0. The van der Waals surface area contributed by atoms with Crippen LogP contribution in [-0.2, 0) is 17.5 Å². The number of aromatic nitrogens is 4. The number of amides is 1. The molecule has 58 heavy (non-hydrogen) atoms. The van der Waals surface area contributed by atoms with Crippen molar-refractivity contribution < 1.29 is 51.8 Å². The number of alkyl halides is 1. The molecule has 4 heterocycles. The molecule has 13 nitrogen and oxygen atoms in total. The minimum absolute atomic E-state index is 0.0900. The van der Waals surface area contributed by atoms with Gasteiger partial charge in [0.15, 0.2) is 0 Å². The van der Waals surface area contributed by atoms with E-state index in [0.717, 1.165) is 56.0 Å². The molecule has 0 spiro atoms. The number of piperazine rings is 1. The van der Waals surface area contributed by atoms with Gasteiger partial charge in [-0.25, -0.2) is 0 Å². The number of pyridine rings is 1. The van der Waals surface area contributed by atoms with Gasteiger partial charge in [0.05, 0.1) is 6.61 Å². The molecule has 0 saturated carbocycles. The van der Waals surface area contributed by atoms with Crippen LogP contribution in [0, 0.1) is 11.6 Å². The number of carbonyl (C=O) groups is 1. The number of carbonyl (C=O) groups excluding carboxylic acids is 1. The van der Waals surface area contributed by atoms with Crippen molar-refractivity contribution in [3.63, 3.8) is 0 Å². The zero-order chi connectivity index (χ0) is 40.8. The van der Waals surface area contributed by atoms with Crippen LogP contribution >= 0.6 is 0 Å². The van der Waals surface area contributed by atoms with Gasteiger partial charge < -0.3 is 14.2 Å². The van der Waals surface area contributed by atoms with Crippen molar-refractivity contribution in [1.29, 1.82) is 0 Å². The summed E-state index contributed by atoms with van der Waals surface area (Å²) in [5.74, 6) is -1.17. The Morgan fingerprint density at radius 1 is 0.966 bits per heavy atom. The number of para-hydroxylation sites is 1. The second-order valence-corrected chi connectivity index (χ2v) is 15.6. The van der Waals surface area contributed by atoms with Gasteiger partial charge in [-0.05, 0) is 25.0 Å². The van der Waals surface area contributed by atoms with Crippen molar-refractivity contribution >= 4 is 45.6 Å². The van der Waals surface area contributed by atoms with Crippen LogP contribution in [0.2, 0.25) is 0 Å². The Balaban J connectivity index is 1.22. The molecule has 1 aliphatic rings. The average molecular weight is 923 g/mol. The van der Waals surface area contributed by atoms with Gasteiger partial charge in [-0.3, -0.25) is 9.11 Å². The summed E-state index contributed by atoms with van der Waals surface area (Å²) >= 11 is -2.82. The predicted molar refractivity (Wildman–Crippen MR) is 215 cm³/mol. The third-order valence-corrected chi connectivity index (χ3v) is 11.1. The summed E-state index contributed by atoms with van der Waals surface area (Å²) in [6, 6.07) is 19.9. The van der Waals surface area contributed by atoms with E-state index in [9.17, 15) is 22.3 Å². The van der Waals surface area contributed by atoms with Crippen molar-refractivity contribution in [3.05, 3.63) is 108 Å². The molecule has 1 amide bonds. The molecule has 1 saturated heterocycles. The molecule has 0 bridgehead atoms. The molecular formula is C41H41F2IN8O5S-2. The fourth-order valence-electron chi connectivity index (χ4n) is 6.90. The summed E-state index contributed by atoms with van der Waals surface area (Å²) < 4.78 is 65.2. The molecule has 2 N–H and O–H groups in total. The fraction of sp³-hybridized carbons (Fsp3) is 0.268. The van der Waals surface area contributed by atoms with Crippen LogP contribution in [-0.4, -0.2) is 88.9 Å². The number of hydrogen-bond acceptors (Lipinski definition) is 11. The van der Waals surface area contributed by atoms with Gasteiger partial charge in [-0.15, -0.1) is 0 Å². The van der Waals surface area contributed by atoms with E-state index in [1.807, 2.05) is 46.7 Å². The number of benzene rings is 3. The minimum atomic E-state index is -2.06. The standard InChI is InChI=1S/C41H42F2IN8O5S/c1-4-26-24-32(35(56-5-2)25-33(26)51-19-17-50(18-20-51)21-22-58(54)55)47-41-45-15-14-31(46-41)39-37(48-36-11-6-7-16-52(36)39)27-12-13-34(57-44-3)28(23-27)40(53)49-38-29(42)9-8-10-30(38)43/h6-16,23-25H,4-5,17-22H2,1-3H3,(H,49,53)(H,54,55)(H,45,46,47)/q-1/p-1. The molecule has 0 aliphatic carbocycles. The van der Waals surface area contributed by atoms with E-state index in [4.69, 9.17) is 17.8 Å². The third kappa shape index (κ3) is 9.06. The average Bonchev–Trinajstić information content (AvgIpc) is 3.62. The molecule has 17 heteroatoms. The molecule has 1 unspecified atom stereocenters. The first kappa shape index (κ1) is 40.9. The first-order valence-corrected chi connectivity index (χ1v) is 22.9. The van der Waals surface area contributed by atoms with Gasteiger partial charge >= 0.3 is 221 Å². The molecular weight excluding hydrogens is 881 g/mol. The van der Waals surface area contributed by atoms with Crippen LogP contribution in [0.4, 0.5) is 31.8 Å². The number of nitrogens with one attached hydrogen (secondary N) is 2. The number of imidazole rings is 1. The monoisotopic (exact) mass is 922 g/mol. The number of ether oxygens (including phenoxy) is 1. The SMILES string of the molecule is CCOc1cc(N2CCN(CCS(=O)[O-])CC2)c(CC)cc1Nc1nccc(-c2c(-c3ccc(O[I-]C)c(C(=O)Nc4c(F)cccc4F)c3)nc3ccccn23)n1. The maximum atomic E-state index is 14.6. The van der Waals surface area contributed by atoms with E-state index >= 15 is 0 Å². The number of hydrogen-bond donors (Lipinski definition) is 2. The Morgan fingerprint density at radius 3 is 2.48 bits per heavy atom. The summed E-state index contributed by atoms with van der Waals surface area (Å²) in [4.78, 5) is 34.5. The molecule has 0 radical (unpaired) electrons. The van der Waals surface area contributed by atoms with Gasteiger partial charge in [-0.1, -0.05) is 18.0 Å². The molecule has 1 fully saturated rings. The molecule has 1 aliphatic heterocycles. The second-order valence-electron chi connectivity index (χ2n) is 13.2. The molecule has 6 aromatic rings. The first-order valence-electron chi connectivity index (χ1n) is 18.6. The van der Waals surface area contributed by atoms with Crippen molar-refractivity contribution in [1.82, 2.24) is 24.3 Å². The second kappa shape index (κ2) is 18.6. The van der Waals surface area contributed by atoms with Crippen molar-refractivity contribution in [2.75, 3.05) is 65.5 Å². The topological polar surface area (TPSA) is 149 Å². The van der Waals surface area contributed by atoms with E-state index in [1.165, 1.54) is 6.07 Å². The van der Waals surface area contributed by atoms with Crippen molar-refractivity contribution in [2.24, 2.45) is 0 Å². The van der Waals surface area contributed by atoms with E-state index in [-0.39, 0.29) is 17.1 Å². The maximum absolute atomic E-state index is 14.6. The van der Waals surface area contributed by atoms with E-state index in [0.29, 0.717) is 58.8 Å². The number of fused-ring (bicyclic) bond motifs is 1. The van der Waals surface area contributed by atoms with Crippen LogP contribution in [0.1, 0.15) is 29.8 Å². The van der Waals surface area contributed by atoms with Gasteiger partial charge in [0.2, 0.25) is 0 Å². The molecule has 7 rings (SSSR count). The Bertz CT molecular complexity index is 2440. The van der Waals surface area contributed by atoms with Crippen LogP contribution in [0.25, 0.3) is 28.3 Å². The number of aryl methyl sites for hydroxylation is 1. The quantitative estimate of drug-likeness (QED) is 0.0883.